The zero-order valence-electron chi connectivity index (χ0n) is 17.6. The molecule has 0 atom stereocenters. The van der Waals surface area contributed by atoms with Gasteiger partial charge in [0, 0.05) is 36.5 Å². The van der Waals surface area contributed by atoms with Crippen LogP contribution in [0.5, 0.6) is 0 Å². The Labute approximate surface area is 284 Å². The number of carboxylic acids is 6. The molecule has 15 heteroatoms. The van der Waals surface area contributed by atoms with Gasteiger partial charge >= 0.3 is 190 Å². The number of hydrogen-bond donors (Lipinski definition) is 6. The van der Waals surface area contributed by atoms with E-state index in [0.717, 1.165) is 0 Å². The first-order chi connectivity index (χ1) is 10.9. The summed E-state index contributed by atoms with van der Waals surface area (Å²) in [6.45, 7) is 0. The van der Waals surface area contributed by atoms with E-state index in [-0.39, 0.29) is 158 Å². The third kappa shape index (κ3) is 65.9. The second kappa shape index (κ2) is 29.2. The van der Waals surface area contributed by atoms with Crippen LogP contribution in [0, 0.1) is 0 Å². The van der Waals surface area contributed by atoms with Crippen molar-refractivity contribution in [3.8, 4) is 0 Å². The van der Waals surface area contributed by atoms with Gasteiger partial charge in [-0.15, -0.1) is 0 Å². The summed E-state index contributed by atoms with van der Waals surface area (Å²) in [4.78, 5) is 57.3. The molecular formula is C12H15K3O12. The maximum atomic E-state index is 9.55. The summed E-state index contributed by atoms with van der Waals surface area (Å²) in [7, 11) is 0. The molecule has 27 heavy (non-hydrogen) atoms. The van der Waals surface area contributed by atoms with Crippen LogP contribution in [0.4, 0.5) is 0 Å². The number of rotatable bonds is 6. The van der Waals surface area contributed by atoms with Gasteiger partial charge in [-0.2, -0.15) is 0 Å². The molecule has 0 spiro atoms. The number of carboxylic acid groups (broad SMARTS) is 6. The summed E-state index contributed by atoms with van der Waals surface area (Å²) in [5, 5.41) is 46.9. The topological polar surface area (TPSA) is 224 Å². The zero-order valence-corrected chi connectivity index (χ0v) is 24.0. The molecule has 6 N–H and O–H groups in total. The van der Waals surface area contributed by atoms with E-state index >= 15 is 0 Å². The normalized spacial score (nSPS) is 8.44. The molecule has 0 bridgehead atoms. The van der Waals surface area contributed by atoms with Crippen LogP contribution in [0.1, 0.15) is 4.28 Å². The Bertz CT molecular complexity index is 465. The first-order valence-corrected chi connectivity index (χ1v) is 5.30. The molecule has 0 aliphatic rings. The molecule has 0 saturated carbocycles. The molecule has 138 valence electrons. The first-order valence-electron chi connectivity index (χ1n) is 5.30. The molecule has 0 fully saturated rings. The van der Waals surface area contributed by atoms with Crippen LogP contribution in [0.2, 0.25) is 0 Å². The van der Waals surface area contributed by atoms with Gasteiger partial charge in [-0.3, -0.25) is 0 Å². The van der Waals surface area contributed by atoms with Gasteiger partial charge in [-0.25, -0.2) is 28.8 Å². The summed E-state index contributed by atoms with van der Waals surface area (Å²) < 4.78 is 0. The van der Waals surface area contributed by atoms with Gasteiger partial charge < -0.3 is 34.9 Å². The first kappa shape index (κ1) is 42.1. The van der Waals surface area contributed by atoms with Gasteiger partial charge in [0.2, 0.25) is 0 Å². The predicted molar refractivity (Wildman–Crippen MR) is 76.6 cm³/mol. The Balaban J connectivity index is -0.0000000286. The summed E-state index contributed by atoms with van der Waals surface area (Å²) in [6, 6.07) is 0. The molecule has 0 rings (SSSR count). The molecular weight excluding hydrogens is 453 g/mol. The average molecular weight is 469 g/mol. The zero-order chi connectivity index (χ0) is 19.7. The molecule has 0 radical (unpaired) electrons. The molecule has 0 heterocycles. The molecule has 0 aromatic heterocycles. The van der Waals surface area contributed by atoms with Gasteiger partial charge in [0.25, 0.3) is 0 Å². The third-order valence-corrected chi connectivity index (χ3v) is 1.11. The Morgan fingerprint density at radius 3 is 0.481 bits per heavy atom. The van der Waals surface area contributed by atoms with Crippen LogP contribution in [0.25, 0.3) is 0 Å². The van der Waals surface area contributed by atoms with E-state index in [1.165, 1.54) is 0 Å². The number of aliphatic carboxylic acids is 6. The van der Waals surface area contributed by atoms with Crippen LogP contribution < -0.4 is 154 Å². The van der Waals surface area contributed by atoms with Crippen LogP contribution in [-0.2, 0) is 28.8 Å². The van der Waals surface area contributed by atoms with Crippen molar-refractivity contribution in [3.05, 3.63) is 36.5 Å². The van der Waals surface area contributed by atoms with Gasteiger partial charge in [0.05, 0.1) is 0 Å². The van der Waals surface area contributed by atoms with Gasteiger partial charge in [-0.05, 0) is 0 Å². The molecule has 0 aliphatic carbocycles. The van der Waals surface area contributed by atoms with E-state index in [1.807, 2.05) is 0 Å². The van der Waals surface area contributed by atoms with Crippen molar-refractivity contribution in [2.75, 3.05) is 0 Å². The standard InChI is InChI=1S/3C4H4O4.3K.3H/c3*5-3(6)1-2-4(7)8;;;;;;/h3*1-2H,(H,5,6)(H,7,8);;;;;;/q;;;3*+1;3*-1/b3*2-1-;;;;;;. The van der Waals surface area contributed by atoms with E-state index in [9.17, 15) is 28.8 Å². The van der Waals surface area contributed by atoms with Crippen molar-refractivity contribution >= 4 is 35.8 Å². The molecule has 0 aromatic rings. The van der Waals surface area contributed by atoms with Gasteiger partial charge in [0.1, 0.15) is 0 Å². The van der Waals surface area contributed by atoms with Crippen molar-refractivity contribution in [1.82, 2.24) is 0 Å². The monoisotopic (exact) mass is 468 g/mol. The van der Waals surface area contributed by atoms with Gasteiger partial charge in [0.15, 0.2) is 0 Å². The van der Waals surface area contributed by atoms with Crippen molar-refractivity contribution in [2.45, 2.75) is 0 Å². The Hall–Kier alpha value is 0.949. The average Bonchev–Trinajstić information content (AvgIpc) is 2.42. The molecule has 0 amide bonds. The number of carbonyl (C=O) groups is 6. The number of hydrogen-bond acceptors (Lipinski definition) is 6. The van der Waals surface area contributed by atoms with Crippen molar-refractivity contribution in [3.63, 3.8) is 0 Å². The van der Waals surface area contributed by atoms with Crippen LogP contribution in [0.15, 0.2) is 36.5 Å². The quantitative estimate of drug-likeness (QED) is 0.158. The second-order valence-corrected chi connectivity index (χ2v) is 3.03. The fourth-order valence-electron chi connectivity index (χ4n) is 0.428. The van der Waals surface area contributed by atoms with E-state index in [0.29, 0.717) is 36.5 Å². The maximum Gasteiger partial charge on any atom is 1.00 e. The summed E-state index contributed by atoms with van der Waals surface area (Å²) >= 11 is 0. The van der Waals surface area contributed by atoms with E-state index in [2.05, 4.69) is 0 Å². The second-order valence-electron chi connectivity index (χ2n) is 3.03. The van der Waals surface area contributed by atoms with Crippen LogP contribution in [0.3, 0.4) is 0 Å². The minimum atomic E-state index is -1.26. The molecule has 0 saturated heterocycles. The summed E-state index contributed by atoms with van der Waals surface area (Å²) in [5.41, 5.74) is 0. The largest absolute Gasteiger partial charge is 1.00 e. The molecule has 0 unspecified atom stereocenters. The summed E-state index contributed by atoms with van der Waals surface area (Å²) in [5.74, 6) is -7.54. The minimum Gasteiger partial charge on any atom is -1.00 e. The van der Waals surface area contributed by atoms with Crippen LogP contribution in [-0.4, -0.2) is 66.5 Å². The fourth-order valence-corrected chi connectivity index (χ4v) is 0.428. The van der Waals surface area contributed by atoms with Crippen molar-refractivity contribution < 1.29 is 218 Å². The van der Waals surface area contributed by atoms with E-state index in [1.54, 1.807) is 0 Å². The fraction of sp³-hybridized carbons (Fsp3) is 0. The minimum absolute atomic E-state index is 0. The summed E-state index contributed by atoms with van der Waals surface area (Å²) in [6.07, 6.45) is 3.35. The SMILES string of the molecule is O=C(O)/C=C\C(=O)O.O=C(O)/C=C\C(=O)O.O=C(O)/C=C\C(=O)O.[H-].[H-].[H-].[K+].[K+].[K+]. The Morgan fingerprint density at radius 1 is 0.370 bits per heavy atom. The Kier molecular flexibility index (Phi) is 45.5. The van der Waals surface area contributed by atoms with Crippen molar-refractivity contribution in [1.29, 1.82) is 0 Å². The maximum absolute atomic E-state index is 9.55. The van der Waals surface area contributed by atoms with E-state index in [4.69, 9.17) is 30.6 Å². The Morgan fingerprint density at radius 2 is 0.444 bits per heavy atom. The van der Waals surface area contributed by atoms with Crippen LogP contribution >= 0.6 is 0 Å². The third-order valence-electron chi connectivity index (χ3n) is 1.11. The molecule has 12 nitrogen and oxygen atoms in total. The van der Waals surface area contributed by atoms with E-state index < -0.39 is 35.8 Å². The molecule has 0 aromatic carbocycles. The predicted octanol–water partition coefficient (Wildman–Crippen LogP) is -9.52. The smallest absolute Gasteiger partial charge is 1.00 e. The molecule has 0 aliphatic heterocycles. The van der Waals surface area contributed by atoms with Crippen molar-refractivity contribution in [2.24, 2.45) is 0 Å². The van der Waals surface area contributed by atoms with Gasteiger partial charge in [-0.1, -0.05) is 0 Å².